The van der Waals surface area contributed by atoms with Gasteiger partial charge in [-0.3, -0.25) is 4.84 Å². The first-order valence-corrected chi connectivity index (χ1v) is 4.93. The van der Waals surface area contributed by atoms with E-state index in [-0.39, 0.29) is 5.95 Å². The molecule has 15 heavy (non-hydrogen) atoms. The minimum Gasteiger partial charge on any atom is -0.479 e. The summed E-state index contributed by atoms with van der Waals surface area (Å²) in [6, 6.07) is 1.90. The van der Waals surface area contributed by atoms with Crippen LogP contribution in [-0.2, 0) is 9.63 Å². The highest BCUT2D eigenvalue weighted by Gasteiger charge is 2.01. The highest BCUT2D eigenvalue weighted by molar-refractivity contribution is 7.16. The molecule has 6 nitrogen and oxygen atoms in total. The van der Waals surface area contributed by atoms with E-state index in [4.69, 9.17) is 5.11 Å². The average molecular weight is 225 g/mol. The molecule has 0 radical (unpaired) electrons. The summed E-state index contributed by atoms with van der Waals surface area (Å²) in [4.78, 5) is 23.7. The molecule has 2 aromatic rings. The Balaban J connectivity index is 2.04. The summed E-state index contributed by atoms with van der Waals surface area (Å²) in [5.41, 5.74) is 2.36. The zero-order valence-corrected chi connectivity index (χ0v) is 8.32. The zero-order valence-electron chi connectivity index (χ0n) is 7.51. The van der Waals surface area contributed by atoms with Gasteiger partial charge in [0, 0.05) is 11.6 Å². The Kier molecular flexibility index (Phi) is 2.75. The molecule has 0 aliphatic rings. The van der Waals surface area contributed by atoms with Gasteiger partial charge in [-0.05, 0) is 11.4 Å². The Bertz CT molecular complexity index is 485. The van der Waals surface area contributed by atoms with Gasteiger partial charge >= 0.3 is 5.97 Å². The van der Waals surface area contributed by atoms with Crippen molar-refractivity contribution in [3.05, 3.63) is 17.6 Å². The normalized spacial score (nSPS) is 10.4. The van der Waals surface area contributed by atoms with E-state index in [9.17, 15) is 4.79 Å². The molecule has 0 saturated heterocycles. The van der Waals surface area contributed by atoms with E-state index in [0.29, 0.717) is 0 Å². The molecular formula is C8H7N3O3S. The first-order valence-electron chi connectivity index (χ1n) is 4.05. The van der Waals surface area contributed by atoms with Crippen molar-refractivity contribution in [3.63, 3.8) is 0 Å². The third-order valence-electron chi connectivity index (χ3n) is 1.57. The van der Waals surface area contributed by atoms with Crippen LogP contribution in [0.2, 0.25) is 0 Å². The highest BCUT2D eigenvalue weighted by atomic mass is 32.1. The number of nitrogens with one attached hydrogen (secondary N) is 1. The lowest BCUT2D eigenvalue weighted by molar-refractivity contribution is -0.141. The van der Waals surface area contributed by atoms with Gasteiger partial charge in [-0.25, -0.2) is 20.2 Å². The molecule has 2 heterocycles. The van der Waals surface area contributed by atoms with Crippen molar-refractivity contribution >= 4 is 33.5 Å². The van der Waals surface area contributed by atoms with E-state index in [1.807, 2.05) is 11.4 Å². The van der Waals surface area contributed by atoms with Crippen molar-refractivity contribution in [2.24, 2.45) is 0 Å². The fraction of sp³-hybridized carbons (Fsp3) is 0.125. The van der Waals surface area contributed by atoms with Gasteiger partial charge in [0.2, 0.25) is 5.95 Å². The van der Waals surface area contributed by atoms with Crippen LogP contribution in [0.15, 0.2) is 17.6 Å². The zero-order chi connectivity index (χ0) is 10.7. The SMILES string of the molecule is O=C(O)CONc1ncc2ccsc2n1. The summed E-state index contributed by atoms with van der Waals surface area (Å²) < 4.78 is 0. The van der Waals surface area contributed by atoms with Crippen molar-refractivity contribution in [2.75, 3.05) is 12.1 Å². The molecule has 0 bridgehead atoms. The van der Waals surface area contributed by atoms with Crippen LogP contribution in [0.25, 0.3) is 10.2 Å². The lowest BCUT2D eigenvalue weighted by Crippen LogP contribution is -2.12. The van der Waals surface area contributed by atoms with E-state index >= 15 is 0 Å². The van der Waals surface area contributed by atoms with E-state index in [2.05, 4.69) is 20.3 Å². The van der Waals surface area contributed by atoms with E-state index in [1.54, 1.807) is 6.20 Å². The Hall–Kier alpha value is -1.73. The molecule has 0 amide bonds. The predicted octanol–water partition coefficient (Wildman–Crippen LogP) is 1.12. The fourth-order valence-corrected chi connectivity index (χ4v) is 1.71. The van der Waals surface area contributed by atoms with Crippen LogP contribution >= 0.6 is 11.3 Å². The van der Waals surface area contributed by atoms with Crippen molar-refractivity contribution < 1.29 is 14.7 Å². The molecular weight excluding hydrogens is 218 g/mol. The van der Waals surface area contributed by atoms with E-state index in [1.165, 1.54) is 11.3 Å². The van der Waals surface area contributed by atoms with Gasteiger partial charge in [-0.1, -0.05) is 0 Å². The summed E-state index contributed by atoms with van der Waals surface area (Å²) in [6.07, 6.45) is 1.64. The second-order valence-corrected chi connectivity index (χ2v) is 3.55. The number of carbonyl (C=O) groups is 1. The topological polar surface area (TPSA) is 84.3 Å². The Labute approximate surface area is 88.5 Å². The maximum atomic E-state index is 10.2. The molecule has 0 spiro atoms. The smallest absolute Gasteiger partial charge is 0.332 e. The van der Waals surface area contributed by atoms with Gasteiger partial charge < -0.3 is 5.11 Å². The first-order chi connectivity index (χ1) is 7.25. The van der Waals surface area contributed by atoms with Gasteiger partial charge in [0.1, 0.15) is 4.83 Å². The van der Waals surface area contributed by atoms with E-state index in [0.717, 1.165) is 10.2 Å². The number of carboxylic acids is 1. The second kappa shape index (κ2) is 4.20. The van der Waals surface area contributed by atoms with E-state index < -0.39 is 12.6 Å². The van der Waals surface area contributed by atoms with Gasteiger partial charge in [-0.15, -0.1) is 11.3 Å². The van der Waals surface area contributed by atoms with Crippen molar-refractivity contribution in [1.82, 2.24) is 9.97 Å². The Morgan fingerprint density at radius 3 is 3.33 bits per heavy atom. The molecule has 2 N–H and O–H groups in total. The summed E-state index contributed by atoms with van der Waals surface area (Å²) in [6.45, 7) is -0.439. The lowest BCUT2D eigenvalue weighted by Gasteiger charge is -2.01. The second-order valence-electron chi connectivity index (χ2n) is 2.66. The number of thiophene rings is 1. The number of aromatic nitrogens is 2. The lowest BCUT2D eigenvalue weighted by atomic mass is 10.4. The van der Waals surface area contributed by atoms with Gasteiger partial charge in [0.05, 0.1) is 0 Å². The average Bonchev–Trinajstić information content (AvgIpc) is 2.64. The maximum absolute atomic E-state index is 10.2. The number of rotatable bonds is 4. The van der Waals surface area contributed by atoms with Crippen LogP contribution in [0.1, 0.15) is 0 Å². The van der Waals surface area contributed by atoms with Gasteiger partial charge in [-0.2, -0.15) is 0 Å². The summed E-state index contributed by atoms with van der Waals surface area (Å²) in [5, 5.41) is 11.2. The largest absolute Gasteiger partial charge is 0.479 e. The molecule has 0 fully saturated rings. The number of fused-ring (bicyclic) bond motifs is 1. The van der Waals surface area contributed by atoms with Crippen LogP contribution in [0.3, 0.4) is 0 Å². The molecule has 7 heteroatoms. The Morgan fingerprint density at radius 1 is 1.67 bits per heavy atom. The highest BCUT2D eigenvalue weighted by Crippen LogP contribution is 2.18. The fourth-order valence-electron chi connectivity index (χ4n) is 0.968. The molecule has 0 aliphatic carbocycles. The van der Waals surface area contributed by atoms with Crippen LogP contribution in [0.4, 0.5) is 5.95 Å². The minimum atomic E-state index is -1.06. The minimum absolute atomic E-state index is 0.256. The summed E-state index contributed by atoms with van der Waals surface area (Å²) in [7, 11) is 0. The van der Waals surface area contributed by atoms with Crippen molar-refractivity contribution in [2.45, 2.75) is 0 Å². The third kappa shape index (κ3) is 2.39. The van der Waals surface area contributed by atoms with Crippen molar-refractivity contribution in [1.29, 1.82) is 0 Å². The number of carboxylic acid groups (broad SMARTS) is 1. The number of nitrogens with zero attached hydrogens (tertiary/aromatic N) is 2. The van der Waals surface area contributed by atoms with Crippen LogP contribution < -0.4 is 5.48 Å². The Morgan fingerprint density at radius 2 is 2.53 bits per heavy atom. The standard InChI is InChI=1S/C8H7N3O3S/c12-6(13)4-14-11-8-9-3-5-1-2-15-7(5)10-8/h1-3H,4H2,(H,12,13)(H,9,10,11). The predicted molar refractivity (Wildman–Crippen MR) is 54.6 cm³/mol. The molecule has 0 unspecified atom stereocenters. The quantitative estimate of drug-likeness (QED) is 0.758. The van der Waals surface area contributed by atoms with Gasteiger partial charge in [0.25, 0.3) is 0 Å². The van der Waals surface area contributed by atoms with Gasteiger partial charge in [0.15, 0.2) is 6.61 Å². The number of hydrogen-bond donors (Lipinski definition) is 2. The molecule has 2 aromatic heterocycles. The molecule has 0 atom stereocenters. The monoisotopic (exact) mass is 225 g/mol. The molecule has 0 saturated carbocycles. The molecule has 2 rings (SSSR count). The number of aliphatic carboxylic acids is 1. The van der Waals surface area contributed by atoms with Crippen molar-refractivity contribution in [3.8, 4) is 0 Å². The summed E-state index contributed by atoms with van der Waals surface area (Å²) in [5.74, 6) is -0.800. The van der Waals surface area contributed by atoms with Crippen LogP contribution in [0.5, 0.6) is 0 Å². The van der Waals surface area contributed by atoms with Crippen LogP contribution in [-0.4, -0.2) is 27.7 Å². The molecule has 0 aliphatic heterocycles. The molecule has 0 aromatic carbocycles. The first kappa shape index (κ1) is 9.81. The number of anilines is 1. The number of hydrogen-bond acceptors (Lipinski definition) is 6. The van der Waals surface area contributed by atoms with Crippen LogP contribution in [0, 0.1) is 0 Å². The maximum Gasteiger partial charge on any atom is 0.332 e. The summed E-state index contributed by atoms with van der Waals surface area (Å²) >= 11 is 1.48. The third-order valence-corrected chi connectivity index (χ3v) is 2.39. The molecule has 78 valence electrons.